The van der Waals surface area contributed by atoms with Crippen molar-refractivity contribution in [3.63, 3.8) is 0 Å². The van der Waals surface area contributed by atoms with Gasteiger partial charge in [-0.15, -0.1) is 0 Å². The molecule has 0 bridgehead atoms. The average molecular weight is 212 g/mol. The number of rotatable bonds is 6. The number of ether oxygens (including phenoxy) is 1. The summed E-state index contributed by atoms with van der Waals surface area (Å²) < 4.78 is 5.58. The average Bonchev–Trinajstić information content (AvgIpc) is 2.88. The first kappa shape index (κ1) is 11.4. The Labute approximate surface area is 93.0 Å². The number of hydrogen-bond donors (Lipinski definition) is 2. The van der Waals surface area contributed by atoms with Gasteiger partial charge in [0.05, 0.1) is 6.10 Å². The van der Waals surface area contributed by atoms with Crippen molar-refractivity contribution in [1.29, 1.82) is 0 Å². The van der Waals surface area contributed by atoms with Gasteiger partial charge in [0.2, 0.25) is 0 Å². The van der Waals surface area contributed by atoms with Gasteiger partial charge in [0, 0.05) is 12.6 Å². The molecule has 3 heteroatoms. The summed E-state index contributed by atoms with van der Waals surface area (Å²) in [5.41, 5.74) is 0. The van der Waals surface area contributed by atoms with Crippen LogP contribution in [0.15, 0.2) is 0 Å². The predicted octanol–water partition coefficient (Wildman–Crippen LogP) is 1.29. The third kappa shape index (κ3) is 4.09. The Morgan fingerprint density at radius 2 is 2.07 bits per heavy atom. The van der Waals surface area contributed by atoms with Gasteiger partial charge in [0.15, 0.2) is 0 Å². The Kier molecular flexibility index (Phi) is 4.90. The van der Waals surface area contributed by atoms with Crippen LogP contribution in [0.1, 0.15) is 38.5 Å². The molecule has 0 aromatic rings. The summed E-state index contributed by atoms with van der Waals surface area (Å²) in [5, 5.41) is 7.04. The Bertz CT molecular complexity index is 145. The van der Waals surface area contributed by atoms with Gasteiger partial charge in [-0.3, -0.25) is 0 Å². The summed E-state index contributed by atoms with van der Waals surface area (Å²) in [6.45, 7) is 4.49. The number of hydrogen-bond acceptors (Lipinski definition) is 3. The minimum Gasteiger partial charge on any atom is -0.378 e. The van der Waals surface area contributed by atoms with Gasteiger partial charge >= 0.3 is 0 Å². The maximum absolute atomic E-state index is 5.58. The van der Waals surface area contributed by atoms with E-state index in [0.717, 1.165) is 25.7 Å². The first-order valence-electron chi connectivity index (χ1n) is 6.51. The fourth-order valence-electron chi connectivity index (χ4n) is 2.54. The molecule has 88 valence electrons. The van der Waals surface area contributed by atoms with Gasteiger partial charge in [0.1, 0.15) is 0 Å². The highest BCUT2D eigenvalue weighted by Gasteiger charge is 2.15. The second-order valence-electron chi connectivity index (χ2n) is 4.76. The van der Waals surface area contributed by atoms with Crippen LogP contribution in [-0.4, -0.2) is 38.4 Å². The normalized spacial score (nSPS) is 31.2. The van der Waals surface area contributed by atoms with Crippen LogP contribution in [0.3, 0.4) is 0 Å². The zero-order chi connectivity index (χ0) is 10.3. The molecule has 3 nitrogen and oxygen atoms in total. The molecule has 2 aliphatic rings. The highest BCUT2D eigenvalue weighted by atomic mass is 16.5. The van der Waals surface area contributed by atoms with Crippen molar-refractivity contribution in [2.75, 3.05) is 26.2 Å². The van der Waals surface area contributed by atoms with E-state index in [2.05, 4.69) is 10.6 Å². The van der Waals surface area contributed by atoms with Crippen LogP contribution < -0.4 is 10.6 Å². The van der Waals surface area contributed by atoms with Crippen LogP contribution in [0.2, 0.25) is 0 Å². The third-order valence-electron chi connectivity index (χ3n) is 3.50. The SMILES string of the molecule is C1CNC(CCNCCC2CCCO2)C1. The largest absolute Gasteiger partial charge is 0.378 e. The fourth-order valence-corrected chi connectivity index (χ4v) is 2.54. The molecule has 0 aliphatic carbocycles. The molecule has 2 saturated heterocycles. The molecule has 2 fully saturated rings. The molecule has 0 saturated carbocycles. The molecule has 2 unspecified atom stereocenters. The van der Waals surface area contributed by atoms with Crippen molar-refractivity contribution >= 4 is 0 Å². The lowest BCUT2D eigenvalue weighted by molar-refractivity contribution is 0.104. The van der Waals surface area contributed by atoms with E-state index in [1.54, 1.807) is 0 Å². The van der Waals surface area contributed by atoms with E-state index in [-0.39, 0.29) is 0 Å². The molecule has 2 aliphatic heterocycles. The standard InChI is InChI=1S/C12H24N2O/c1-3-11(14-7-1)5-8-13-9-6-12-4-2-10-15-12/h11-14H,1-10H2. The highest BCUT2D eigenvalue weighted by molar-refractivity contribution is 4.75. The summed E-state index contributed by atoms with van der Waals surface area (Å²) in [5.74, 6) is 0. The smallest absolute Gasteiger partial charge is 0.0588 e. The van der Waals surface area contributed by atoms with E-state index < -0.39 is 0 Å². The van der Waals surface area contributed by atoms with Crippen LogP contribution in [0.5, 0.6) is 0 Å². The lowest BCUT2D eigenvalue weighted by Gasteiger charge is -2.12. The first-order chi connectivity index (χ1) is 7.45. The van der Waals surface area contributed by atoms with Crippen molar-refractivity contribution in [2.24, 2.45) is 0 Å². The van der Waals surface area contributed by atoms with Gasteiger partial charge in [-0.05, 0) is 58.2 Å². The van der Waals surface area contributed by atoms with Gasteiger partial charge < -0.3 is 15.4 Å². The van der Waals surface area contributed by atoms with E-state index in [1.165, 1.54) is 45.1 Å². The van der Waals surface area contributed by atoms with E-state index >= 15 is 0 Å². The van der Waals surface area contributed by atoms with Crippen molar-refractivity contribution < 1.29 is 4.74 Å². The molecule has 0 aromatic carbocycles. The minimum atomic E-state index is 0.544. The molecular weight excluding hydrogens is 188 g/mol. The van der Waals surface area contributed by atoms with Gasteiger partial charge in [-0.2, -0.15) is 0 Å². The van der Waals surface area contributed by atoms with Crippen LogP contribution in [-0.2, 0) is 4.74 Å². The quantitative estimate of drug-likeness (QED) is 0.651. The molecule has 2 heterocycles. The minimum absolute atomic E-state index is 0.544. The number of nitrogens with one attached hydrogen (secondary N) is 2. The highest BCUT2D eigenvalue weighted by Crippen LogP contribution is 2.14. The Morgan fingerprint density at radius 3 is 2.80 bits per heavy atom. The zero-order valence-corrected chi connectivity index (χ0v) is 9.63. The summed E-state index contributed by atoms with van der Waals surface area (Å²) in [7, 11) is 0. The van der Waals surface area contributed by atoms with Gasteiger partial charge in [-0.25, -0.2) is 0 Å². The summed E-state index contributed by atoms with van der Waals surface area (Å²) in [4.78, 5) is 0. The van der Waals surface area contributed by atoms with Gasteiger partial charge in [-0.1, -0.05) is 0 Å². The molecule has 2 rings (SSSR count). The molecular formula is C12H24N2O. The Morgan fingerprint density at radius 1 is 1.13 bits per heavy atom. The van der Waals surface area contributed by atoms with Crippen molar-refractivity contribution in [3.05, 3.63) is 0 Å². The van der Waals surface area contributed by atoms with Crippen LogP contribution in [0, 0.1) is 0 Å². The van der Waals surface area contributed by atoms with Crippen molar-refractivity contribution in [3.8, 4) is 0 Å². The lowest BCUT2D eigenvalue weighted by Crippen LogP contribution is -2.28. The summed E-state index contributed by atoms with van der Waals surface area (Å²) >= 11 is 0. The third-order valence-corrected chi connectivity index (χ3v) is 3.50. The second-order valence-corrected chi connectivity index (χ2v) is 4.76. The fraction of sp³-hybridized carbons (Fsp3) is 1.00. The van der Waals surface area contributed by atoms with Crippen molar-refractivity contribution in [2.45, 2.75) is 50.7 Å². The predicted molar refractivity (Wildman–Crippen MR) is 62.1 cm³/mol. The zero-order valence-electron chi connectivity index (χ0n) is 9.63. The summed E-state index contributed by atoms with van der Waals surface area (Å²) in [6.07, 6.45) is 8.28. The van der Waals surface area contributed by atoms with E-state index in [0.29, 0.717) is 6.10 Å². The van der Waals surface area contributed by atoms with Crippen LogP contribution in [0.4, 0.5) is 0 Å². The van der Waals surface area contributed by atoms with E-state index in [4.69, 9.17) is 4.74 Å². The van der Waals surface area contributed by atoms with Gasteiger partial charge in [0.25, 0.3) is 0 Å². The molecule has 2 atom stereocenters. The maximum Gasteiger partial charge on any atom is 0.0588 e. The monoisotopic (exact) mass is 212 g/mol. The van der Waals surface area contributed by atoms with E-state index in [9.17, 15) is 0 Å². The molecule has 15 heavy (non-hydrogen) atoms. The topological polar surface area (TPSA) is 33.3 Å². The molecule has 0 amide bonds. The molecule has 2 N–H and O–H groups in total. The molecule has 0 radical (unpaired) electrons. The molecule has 0 aromatic heterocycles. The maximum atomic E-state index is 5.58. The Balaban J connectivity index is 1.41. The van der Waals surface area contributed by atoms with Crippen molar-refractivity contribution in [1.82, 2.24) is 10.6 Å². The van der Waals surface area contributed by atoms with Crippen LogP contribution in [0.25, 0.3) is 0 Å². The summed E-state index contributed by atoms with van der Waals surface area (Å²) in [6, 6.07) is 0.778. The second kappa shape index (κ2) is 6.46. The Hall–Kier alpha value is -0.120. The van der Waals surface area contributed by atoms with E-state index in [1.807, 2.05) is 0 Å². The van der Waals surface area contributed by atoms with Crippen LogP contribution >= 0.6 is 0 Å². The first-order valence-corrected chi connectivity index (χ1v) is 6.51. The molecule has 0 spiro atoms. The lowest BCUT2D eigenvalue weighted by atomic mass is 10.1.